The van der Waals surface area contributed by atoms with Gasteiger partial charge in [0.15, 0.2) is 25.8 Å². The van der Waals surface area contributed by atoms with E-state index >= 15 is 0 Å². The number of hydrogen-bond acceptors (Lipinski definition) is 7. The topological polar surface area (TPSA) is 124 Å². The lowest BCUT2D eigenvalue weighted by atomic mass is 9.87. The minimum atomic E-state index is -3.50. The number of carbonyl (C=O) groups excluding carboxylic acids is 1. The van der Waals surface area contributed by atoms with Gasteiger partial charge in [-0.1, -0.05) is 12.1 Å². The van der Waals surface area contributed by atoms with Gasteiger partial charge >= 0.3 is 0 Å². The molecule has 3 aromatic rings. The second-order valence-electron chi connectivity index (χ2n) is 11.4. The molecule has 0 aliphatic carbocycles. The summed E-state index contributed by atoms with van der Waals surface area (Å²) < 4.78 is 83.3. The normalized spacial score (nSPS) is 16.4. The number of sulfone groups is 2. The molecular formula is C32H38F2N2O6S2. The highest BCUT2D eigenvalue weighted by Gasteiger charge is 2.25. The van der Waals surface area contributed by atoms with E-state index in [0.29, 0.717) is 30.7 Å². The zero-order valence-corrected chi connectivity index (χ0v) is 26.4. The Bertz CT molecular complexity index is 1640. The molecule has 1 aliphatic heterocycles. The zero-order chi connectivity index (χ0) is 32.1. The first-order valence-electron chi connectivity index (χ1n) is 14.5. The zero-order valence-electron chi connectivity index (χ0n) is 24.8. The number of primary amides is 1. The molecule has 44 heavy (non-hydrogen) atoms. The predicted molar refractivity (Wildman–Crippen MR) is 164 cm³/mol. The number of piperidine rings is 1. The predicted octanol–water partition coefficient (Wildman–Crippen LogP) is 4.72. The number of nitrogens with two attached hydrogens (primary N) is 1. The fourth-order valence-corrected chi connectivity index (χ4v) is 7.55. The largest absolute Gasteiger partial charge is 0.481 e. The number of benzene rings is 3. The van der Waals surface area contributed by atoms with E-state index in [1.807, 2.05) is 0 Å². The van der Waals surface area contributed by atoms with Crippen LogP contribution in [0.5, 0.6) is 5.75 Å². The Kier molecular flexibility index (Phi) is 10.8. The maximum absolute atomic E-state index is 14.1. The molecule has 0 spiro atoms. The summed E-state index contributed by atoms with van der Waals surface area (Å²) in [4.78, 5) is 13.8. The lowest BCUT2D eigenvalue weighted by molar-refractivity contribution is -0.123. The van der Waals surface area contributed by atoms with Crippen molar-refractivity contribution < 1.29 is 35.1 Å². The van der Waals surface area contributed by atoms with E-state index in [-0.39, 0.29) is 27.4 Å². The van der Waals surface area contributed by atoms with Crippen LogP contribution in [0.1, 0.15) is 49.7 Å². The Morgan fingerprint density at radius 2 is 1.48 bits per heavy atom. The minimum absolute atomic E-state index is 0.0201. The maximum Gasteiger partial charge on any atom is 0.258 e. The van der Waals surface area contributed by atoms with Gasteiger partial charge in [0.05, 0.1) is 15.5 Å². The van der Waals surface area contributed by atoms with Crippen LogP contribution < -0.4 is 10.5 Å². The molecule has 2 atom stereocenters. The van der Waals surface area contributed by atoms with E-state index < -0.39 is 43.3 Å². The first-order chi connectivity index (χ1) is 20.7. The standard InChI is InChI=1S/C32H38F2N2O6S2/c1-22(32(35)37)42-28-5-9-30(10-6-28)44(40,41)18-14-23-11-15-36(16-12-23)17-13-31(25-19-26(33)21-27(34)20-25)24-3-7-29(8-4-24)43(2,38)39/h3-10,19-23,31H,11-18H2,1-2H3,(H2,35,37). The number of likely N-dealkylation sites (tertiary alicyclic amines) is 1. The van der Waals surface area contributed by atoms with Crippen molar-refractivity contribution >= 4 is 25.6 Å². The molecule has 8 nitrogen and oxygen atoms in total. The van der Waals surface area contributed by atoms with Crippen LogP contribution in [0.25, 0.3) is 0 Å². The second-order valence-corrected chi connectivity index (χ2v) is 15.5. The molecule has 238 valence electrons. The van der Waals surface area contributed by atoms with E-state index in [2.05, 4.69) is 4.90 Å². The highest BCUT2D eigenvalue weighted by atomic mass is 32.2. The summed E-state index contributed by atoms with van der Waals surface area (Å²) >= 11 is 0. The van der Waals surface area contributed by atoms with Crippen LogP contribution in [0.15, 0.2) is 76.5 Å². The van der Waals surface area contributed by atoms with E-state index in [1.54, 1.807) is 12.1 Å². The molecule has 0 radical (unpaired) electrons. The molecule has 2 N–H and O–H groups in total. The number of nitrogens with zero attached hydrogens (tertiary/aromatic N) is 1. The number of amides is 1. The summed E-state index contributed by atoms with van der Waals surface area (Å²) in [7, 11) is -6.88. The van der Waals surface area contributed by atoms with Crippen LogP contribution in [-0.2, 0) is 24.5 Å². The van der Waals surface area contributed by atoms with Crippen LogP contribution >= 0.6 is 0 Å². The molecule has 0 bridgehead atoms. The van der Waals surface area contributed by atoms with Crippen LogP contribution in [0, 0.1) is 17.6 Å². The number of hydrogen-bond donors (Lipinski definition) is 1. The molecular weight excluding hydrogens is 610 g/mol. The van der Waals surface area contributed by atoms with Crippen molar-refractivity contribution in [2.24, 2.45) is 11.7 Å². The van der Waals surface area contributed by atoms with Gasteiger partial charge < -0.3 is 15.4 Å². The van der Waals surface area contributed by atoms with Gasteiger partial charge in [0, 0.05) is 18.2 Å². The number of carbonyl (C=O) groups is 1. The van der Waals surface area contributed by atoms with E-state index in [1.165, 1.54) is 55.5 Å². The number of halogens is 2. The molecule has 1 saturated heterocycles. The van der Waals surface area contributed by atoms with Gasteiger partial charge in [-0.15, -0.1) is 0 Å². The fourth-order valence-electron chi connectivity index (χ4n) is 5.49. The van der Waals surface area contributed by atoms with Crippen molar-refractivity contribution in [3.63, 3.8) is 0 Å². The highest BCUT2D eigenvalue weighted by Crippen LogP contribution is 2.32. The Morgan fingerprint density at radius 3 is 2.02 bits per heavy atom. The molecule has 3 aromatic carbocycles. The summed E-state index contributed by atoms with van der Waals surface area (Å²) in [6, 6.07) is 15.8. The number of rotatable bonds is 13. The van der Waals surface area contributed by atoms with E-state index in [0.717, 1.165) is 43.8 Å². The van der Waals surface area contributed by atoms with Crippen molar-refractivity contribution in [2.75, 3.05) is 31.6 Å². The Labute approximate surface area is 258 Å². The van der Waals surface area contributed by atoms with E-state index in [4.69, 9.17) is 10.5 Å². The molecule has 1 aliphatic rings. The Balaban J connectivity index is 1.33. The first kappa shape index (κ1) is 33.5. The third-order valence-corrected chi connectivity index (χ3v) is 11.0. The highest BCUT2D eigenvalue weighted by molar-refractivity contribution is 7.91. The fraction of sp³-hybridized carbons (Fsp3) is 0.406. The summed E-state index contributed by atoms with van der Waals surface area (Å²) in [5.74, 6) is -1.67. The lowest BCUT2D eigenvalue weighted by Crippen LogP contribution is -2.35. The van der Waals surface area contributed by atoms with Crippen molar-refractivity contribution in [3.05, 3.63) is 89.5 Å². The maximum atomic E-state index is 14.1. The molecule has 2 unspecified atom stereocenters. The van der Waals surface area contributed by atoms with Gasteiger partial charge in [-0.2, -0.15) is 0 Å². The van der Waals surface area contributed by atoms with Crippen molar-refractivity contribution in [1.29, 1.82) is 0 Å². The summed E-state index contributed by atoms with van der Waals surface area (Å²) in [5.41, 5.74) is 6.45. The summed E-state index contributed by atoms with van der Waals surface area (Å²) in [5, 5.41) is 0. The van der Waals surface area contributed by atoms with Crippen molar-refractivity contribution in [1.82, 2.24) is 4.90 Å². The molecule has 1 amide bonds. The number of ether oxygens (including phenoxy) is 1. The van der Waals surface area contributed by atoms with Gasteiger partial charge in [-0.05, 0) is 118 Å². The third-order valence-electron chi connectivity index (χ3n) is 8.13. The van der Waals surface area contributed by atoms with Gasteiger partial charge in [0.1, 0.15) is 17.4 Å². The second kappa shape index (κ2) is 14.2. The average Bonchev–Trinajstić information content (AvgIpc) is 2.96. The molecule has 4 rings (SSSR count). The van der Waals surface area contributed by atoms with Crippen molar-refractivity contribution in [3.8, 4) is 5.75 Å². The summed E-state index contributed by atoms with van der Waals surface area (Å²) in [6.45, 7) is 3.71. The Hall–Kier alpha value is -3.35. The molecule has 0 saturated carbocycles. The quantitative estimate of drug-likeness (QED) is 0.285. The van der Waals surface area contributed by atoms with E-state index in [9.17, 15) is 30.4 Å². The van der Waals surface area contributed by atoms with Crippen LogP contribution in [-0.4, -0.2) is 65.4 Å². The molecule has 1 heterocycles. The monoisotopic (exact) mass is 648 g/mol. The SMILES string of the molecule is CC(Oc1ccc(S(=O)(=O)CCC2CCN(CCC(c3ccc(S(C)(=O)=O)cc3)c3cc(F)cc(F)c3)CC2)cc1)C(N)=O. The van der Waals surface area contributed by atoms with Gasteiger partial charge in [0.25, 0.3) is 5.91 Å². The third kappa shape index (κ3) is 9.09. The Morgan fingerprint density at radius 1 is 0.909 bits per heavy atom. The van der Waals surface area contributed by atoms with Crippen LogP contribution in [0.3, 0.4) is 0 Å². The average molecular weight is 649 g/mol. The van der Waals surface area contributed by atoms with Crippen LogP contribution in [0.4, 0.5) is 8.78 Å². The minimum Gasteiger partial charge on any atom is -0.481 e. The molecule has 12 heteroatoms. The van der Waals surface area contributed by atoms with Gasteiger partial charge in [0.2, 0.25) is 0 Å². The lowest BCUT2D eigenvalue weighted by Gasteiger charge is -2.33. The molecule has 1 fully saturated rings. The summed E-state index contributed by atoms with van der Waals surface area (Å²) in [6.07, 6.45) is 3.06. The molecule has 0 aromatic heterocycles. The van der Waals surface area contributed by atoms with Gasteiger partial charge in [-0.25, -0.2) is 25.6 Å². The van der Waals surface area contributed by atoms with Crippen molar-refractivity contribution in [2.45, 2.75) is 54.4 Å². The van der Waals surface area contributed by atoms with Crippen LogP contribution in [0.2, 0.25) is 0 Å². The smallest absolute Gasteiger partial charge is 0.258 e. The first-order valence-corrected chi connectivity index (χ1v) is 18.0. The van der Waals surface area contributed by atoms with Gasteiger partial charge in [-0.3, -0.25) is 4.79 Å².